The summed E-state index contributed by atoms with van der Waals surface area (Å²) >= 11 is 0. The highest BCUT2D eigenvalue weighted by molar-refractivity contribution is 7.85. The Morgan fingerprint density at radius 1 is 1.17 bits per heavy atom. The lowest BCUT2D eigenvalue weighted by atomic mass is 10.1. The van der Waals surface area contributed by atoms with Crippen molar-refractivity contribution in [3.63, 3.8) is 0 Å². The maximum Gasteiger partial charge on any atom is 0.339 e. The summed E-state index contributed by atoms with van der Waals surface area (Å²) in [6.07, 6.45) is 0.132. The zero-order valence-corrected chi connectivity index (χ0v) is 17.0. The number of carbonyl (C=O) groups excluding carboxylic acids is 3. The van der Waals surface area contributed by atoms with E-state index in [1.54, 1.807) is 56.3 Å². The van der Waals surface area contributed by atoms with Crippen molar-refractivity contribution in [2.45, 2.75) is 31.2 Å². The van der Waals surface area contributed by atoms with Crippen molar-refractivity contribution in [3.05, 3.63) is 54.1 Å². The summed E-state index contributed by atoms with van der Waals surface area (Å²) < 4.78 is 17.4. The van der Waals surface area contributed by atoms with E-state index in [1.807, 2.05) is 0 Å². The summed E-state index contributed by atoms with van der Waals surface area (Å²) in [5.41, 5.74) is 1.27. The van der Waals surface area contributed by atoms with Crippen LogP contribution in [0.1, 0.15) is 30.6 Å². The minimum Gasteiger partial charge on any atom is -0.452 e. The summed E-state index contributed by atoms with van der Waals surface area (Å²) in [5.74, 6) is -0.968. The van der Waals surface area contributed by atoms with Crippen molar-refractivity contribution >= 4 is 40.0 Å². The lowest BCUT2D eigenvalue weighted by molar-refractivity contribution is -0.122. The van der Waals surface area contributed by atoms with Crippen LogP contribution in [0.2, 0.25) is 0 Å². The molecule has 0 saturated carbocycles. The molecule has 0 bridgehead atoms. The third-order valence-corrected chi connectivity index (χ3v) is 5.94. The number of fused-ring (bicyclic) bond motifs is 1. The Hall–Kier alpha value is -3.00. The van der Waals surface area contributed by atoms with E-state index in [-0.39, 0.29) is 17.9 Å². The van der Waals surface area contributed by atoms with Crippen LogP contribution in [-0.2, 0) is 25.1 Å². The molecule has 0 unspecified atom stereocenters. The number of esters is 1. The van der Waals surface area contributed by atoms with Gasteiger partial charge in [0.25, 0.3) is 5.91 Å². The van der Waals surface area contributed by atoms with Crippen molar-refractivity contribution < 1.29 is 23.3 Å². The van der Waals surface area contributed by atoms with Gasteiger partial charge in [-0.2, -0.15) is 0 Å². The minimum absolute atomic E-state index is 0.132. The molecular formula is C21H22N2O5S. The lowest BCUT2D eigenvalue weighted by Gasteiger charge is -2.27. The Balaban J connectivity index is 1.78. The van der Waals surface area contributed by atoms with Gasteiger partial charge >= 0.3 is 5.97 Å². The molecule has 0 aromatic heterocycles. The monoisotopic (exact) mass is 414 g/mol. The molecule has 2 aromatic rings. The van der Waals surface area contributed by atoms with E-state index in [0.29, 0.717) is 22.0 Å². The van der Waals surface area contributed by atoms with Crippen LogP contribution in [0.4, 0.5) is 11.4 Å². The first-order chi connectivity index (χ1) is 13.9. The molecule has 8 heteroatoms. The van der Waals surface area contributed by atoms with Crippen LogP contribution in [0.3, 0.4) is 0 Å². The predicted molar refractivity (Wildman–Crippen MR) is 110 cm³/mol. The summed E-state index contributed by atoms with van der Waals surface area (Å²) in [4.78, 5) is 39.3. The molecule has 0 spiro atoms. The molecule has 1 aliphatic rings. The Labute approximate surface area is 171 Å². The molecule has 1 aliphatic heterocycles. The number of amides is 2. The second-order valence-electron chi connectivity index (χ2n) is 6.59. The number of nitrogens with one attached hydrogen (secondary N) is 1. The predicted octanol–water partition coefficient (Wildman–Crippen LogP) is 2.73. The van der Waals surface area contributed by atoms with Gasteiger partial charge in [-0.05, 0) is 31.2 Å². The Morgan fingerprint density at radius 3 is 2.62 bits per heavy atom. The highest BCUT2D eigenvalue weighted by Crippen LogP contribution is 2.31. The molecule has 2 amide bonds. The van der Waals surface area contributed by atoms with E-state index in [0.717, 1.165) is 0 Å². The van der Waals surface area contributed by atoms with E-state index in [4.69, 9.17) is 4.74 Å². The van der Waals surface area contributed by atoms with E-state index < -0.39 is 35.3 Å². The van der Waals surface area contributed by atoms with Gasteiger partial charge in [0.15, 0.2) is 6.61 Å². The third kappa shape index (κ3) is 4.54. The van der Waals surface area contributed by atoms with Crippen molar-refractivity contribution in [1.29, 1.82) is 0 Å². The molecule has 1 N–H and O–H groups in total. The van der Waals surface area contributed by atoms with Crippen LogP contribution < -0.4 is 10.2 Å². The van der Waals surface area contributed by atoms with E-state index >= 15 is 0 Å². The van der Waals surface area contributed by atoms with Crippen LogP contribution in [0.5, 0.6) is 0 Å². The van der Waals surface area contributed by atoms with Gasteiger partial charge in [-0.1, -0.05) is 31.2 Å². The van der Waals surface area contributed by atoms with Gasteiger partial charge in [0.1, 0.15) is 0 Å². The average molecular weight is 414 g/mol. The van der Waals surface area contributed by atoms with Gasteiger partial charge in [-0.3, -0.25) is 13.8 Å². The van der Waals surface area contributed by atoms with Gasteiger partial charge in [0.05, 0.1) is 32.6 Å². The number of para-hydroxylation sites is 2. The number of ether oxygens (including phenoxy) is 1. The normalized spacial score (nSPS) is 17.0. The molecule has 0 radical (unpaired) electrons. The van der Waals surface area contributed by atoms with E-state index in [1.165, 1.54) is 11.0 Å². The number of anilines is 2. The highest BCUT2D eigenvalue weighted by Gasteiger charge is 2.30. The molecule has 3 rings (SSSR count). The Bertz CT molecular complexity index is 975. The number of carbonyl (C=O) groups is 3. The maximum absolute atomic E-state index is 12.9. The van der Waals surface area contributed by atoms with Gasteiger partial charge < -0.3 is 15.0 Å². The summed E-state index contributed by atoms with van der Waals surface area (Å²) in [6, 6.07) is 13.1. The number of hydrogen-bond acceptors (Lipinski definition) is 5. The second-order valence-corrected chi connectivity index (χ2v) is 8.30. The summed E-state index contributed by atoms with van der Waals surface area (Å²) in [6.45, 7) is 3.04. The van der Waals surface area contributed by atoms with Crippen LogP contribution in [-0.4, -0.2) is 40.4 Å². The molecule has 0 saturated heterocycles. The fourth-order valence-electron chi connectivity index (χ4n) is 3.23. The standard InChI is InChI=1S/C21H22N2O5S/c1-3-29(27)18-11-7-4-8-15(18)21(26)28-13-20(25)23-14(2)12-19(24)22-16-9-5-6-10-17(16)23/h4-11,14H,3,12-13H2,1-2H3,(H,22,24)/t14-,29+/m1/s1. The first kappa shape index (κ1) is 20.7. The first-order valence-electron chi connectivity index (χ1n) is 9.27. The second kappa shape index (κ2) is 9.00. The molecule has 7 nitrogen and oxygen atoms in total. The zero-order chi connectivity index (χ0) is 21.0. The van der Waals surface area contributed by atoms with Crippen molar-refractivity contribution in [1.82, 2.24) is 0 Å². The largest absolute Gasteiger partial charge is 0.452 e. The lowest BCUT2D eigenvalue weighted by Crippen LogP contribution is -2.41. The van der Waals surface area contributed by atoms with Gasteiger partial charge in [-0.15, -0.1) is 0 Å². The average Bonchev–Trinajstić information content (AvgIpc) is 2.85. The first-order valence-corrected chi connectivity index (χ1v) is 10.6. The number of rotatable bonds is 5. The van der Waals surface area contributed by atoms with E-state index in [2.05, 4.69) is 5.32 Å². The fourth-order valence-corrected chi connectivity index (χ4v) is 4.17. The number of benzene rings is 2. The minimum atomic E-state index is -1.32. The highest BCUT2D eigenvalue weighted by atomic mass is 32.2. The van der Waals surface area contributed by atoms with Gasteiger partial charge in [0.2, 0.25) is 5.91 Å². The van der Waals surface area contributed by atoms with Crippen LogP contribution in [0.15, 0.2) is 53.4 Å². The topological polar surface area (TPSA) is 92.8 Å². The summed E-state index contributed by atoms with van der Waals surface area (Å²) in [5, 5.41) is 2.78. The SMILES string of the molecule is CC[S@](=O)c1ccccc1C(=O)OCC(=O)N1c2ccccc2NC(=O)C[C@H]1C. The van der Waals surface area contributed by atoms with Crippen LogP contribution >= 0.6 is 0 Å². The van der Waals surface area contributed by atoms with Gasteiger partial charge in [-0.25, -0.2) is 4.79 Å². The molecule has 1 heterocycles. The third-order valence-electron chi connectivity index (χ3n) is 4.57. The molecule has 2 atom stereocenters. The van der Waals surface area contributed by atoms with Gasteiger partial charge in [0, 0.05) is 18.2 Å². The van der Waals surface area contributed by atoms with Crippen molar-refractivity contribution in [2.75, 3.05) is 22.6 Å². The molecule has 2 aromatic carbocycles. The molecule has 0 fully saturated rings. The van der Waals surface area contributed by atoms with E-state index in [9.17, 15) is 18.6 Å². The zero-order valence-electron chi connectivity index (χ0n) is 16.2. The molecule has 29 heavy (non-hydrogen) atoms. The molecule has 152 valence electrons. The fraction of sp³-hybridized carbons (Fsp3) is 0.286. The molecule has 0 aliphatic carbocycles. The van der Waals surface area contributed by atoms with Crippen LogP contribution in [0.25, 0.3) is 0 Å². The Kier molecular flexibility index (Phi) is 6.43. The summed E-state index contributed by atoms with van der Waals surface area (Å²) in [7, 11) is -1.32. The molecular weight excluding hydrogens is 392 g/mol. The van der Waals surface area contributed by atoms with Crippen LogP contribution in [0, 0.1) is 0 Å². The van der Waals surface area contributed by atoms with Crippen molar-refractivity contribution in [3.8, 4) is 0 Å². The van der Waals surface area contributed by atoms with Crippen molar-refractivity contribution in [2.24, 2.45) is 0 Å². The number of hydrogen-bond donors (Lipinski definition) is 1. The quantitative estimate of drug-likeness (QED) is 0.760. The Morgan fingerprint density at radius 2 is 1.86 bits per heavy atom. The number of nitrogens with zero attached hydrogens (tertiary/aromatic N) is 1. The maximum atomic E-state index is 12.9. The smallest absolute Gasteiger partial charge is 0.339 e.